The number of Topliss-reactive ketones (excluding diaryl/α,β-unsaturated/α-hetero) is 1. The minimum Gasteiger partial charge on any atom is -0.312 e. The van der Waals surface area contributed by atoms with E-state index in [0.717, 1.165) is 25.1 Å². The van der Waals surface area contributed by atoms with Gasteiger partial charge in [0.1, 0.15) is 0 Å². The highest BCUT2D eigenvalue weighted by atomic mass is 35.5. The molecule has 1 aromatic heterocycles. The minimum atomic E-state index is -0.0172. The number of thiophene rings is 1. The number of carbonyl (C=O) groups excluding carboxylic acids is 2. The molecule has 1 amide bonds. The van der Waals surface area contributed by atoms with Crippen molar-refractivity contribution < 1.29 is 9.59 Å². The van der Waals surface area contributed by atoms with Crippen LogP contribution in [0.5, 0.6) is 0 Å². The van der Waals surface area contributed by atoms with Gasteiger partial charge in [-0.1, -0.05) is 29.3 Å². The molecule has 0 saturated carbocycles. The van der Waals surface area contributed by atoms with E-state index in [1.807, 2.05) is 17.0 Å². The smallest absolute Gasteiger partial charge is 0.227 e. The number of benzene rings is 1. The maximum atomic E-state index is 12.5. The maximum Gasteiger partial charge on any atom is 0.227 e. The average molecular weight is 348 g/mol. The van der Waals surface area contributed by atoms with E-state index in [2.05, 4.69) is 13.0 Å². The van der Waals surface area contributed by atoms with Crippen molar-refractivity contribution in [3.05, 3.63) is 50.7 Å². The first-order valence-corrected chi connectivity index (χ1v) is 8.92. The Kier molecular flexibility index (Phi) is 4.83. The van der Waals surface area contributed by atoms with Gasteiger partial charge in [0.25, 0.3) is 0 Å². The van der Waals surface area contributed by atoms with Crippen LogP contribution in [0.3, 0.4) is 0 Å². The predicted octanol–water partition coefficient (Wildman–Crippen LogP) is 4.65. The molecule has 5 heteroatoms. The lowest BCUT2D eigenvalue weighted by Crippen LogP contribution is -2.35. The highest BCUT2D eigenvalue weighted by Gasteiger charge is 2.23. The van der Waals surface area contributed by atoms with Gasteiger partial charge < -0.3 is 4.90 Å². The largest absolute Gasteiger partial charge is 0.312 e. The SMILES string of the molecule is Cc1ccc2c(c1)CCCN2C(=O)CCC(=O)c1ccc(Cl)s1. The summed E-state index contributed by atoms with van der Waals surface area (Å²) in [5, 5.41) is 0. The van der Waals surface area contributed by atoms with Crippen LogP contribution in [-0.2, 0) is 11.2 Å². The van der Waals surface area contributed by atoms with Crippen LogP contribution in [0.25, 0.3) is 0 Å². The summed E-state index contributed by atoms with van der Waals surface area (Å²) in [6, 6.07) is 9.63. The number of fused-ring (bicyclic) bond motifs is 1. The lowest BCUT2D eigenvalue weighted by molar-refractivity contribution is -0.118. The third kappa shape index (κ3) is 3.65. The lowest BCUT2D eigenvalue weighted by atomic mass is 9.99. The van der Waals surface area contributed by atoms with E-state index >= 15 is 0 Å². The van der Waals surface area contributed by atoms with Gasteiger partial charge in [-0.3, -0.25) is 9.59 Å². The van der Waals surface area contributed by atoms with Crippen molar-refractivity contribution in [2.24, 2.45) is 0 Å². The number of amides is 1. The molecule has 2 heterocycles. The monoisotopic (exact) mass is 347 g/mol. The van der Waals surface area contributed by atoms with Crippen molar-refractivity contribution in [3.8, 4) is 0 Å². The molecule has 1 aliphatic heterocycles. The van der Waals surface area contributed by atoms with E-state index in [1.54, 1.807) is 12.1 Å². The highest BCUT2D eigenvalue weighted by Crippen LogP contribution is 2.29. The number of carbonyl (C=O) groups is 2. The van der Waals surface area contributed by atoms with Crippen LogP contribution in [0, 0.1) is 6.92 Å². The van der Waals surface area contributed by atoms with Crippen molar-refractivity contribution in [2.75, 3.05) is 11.4 Å². The summed E-state index contributed by atoms with van der Waals surface area (Å²) in [4.78, 5) is 27.1. The standard InChI is InChI=1S/C18H18ClNO2S/c1-12-4-5-14-13(11-12)3-2-10-20(14)18(22)9-6-15(21)16-7-8-17(19)23-16/h4-5,7-8,11H,2-3,6,9-10H2,1H3. The molecule has 0 atom stereocenters. The number of hydrogen-bond acceptors (Lipinski definition) is 3. The summed E-state index contributed by atoms with van der Waals surface area (Å²) in [6.45, 7) is 2.79. The Morgan fingerprint density at radius 1 is 1.22 bits per heavy atom. The van der Waals surface area contributed by atoms with E-state index in [-0.39, 0.29) is 24.5 Å². The zero-order chi connectivity index (χ0) is 16.4. The molecule has 0 spiro atoms. The summed E-state index contributed by atoms with van der Waals surface area (Å²) in [7, 11) is 0. The van der Waals surface area contributed by atoms with E-state index < -0.39 is 0 Å². The number of rotatable bonds is 4. The van der Waals surface area contributed by atoms with Gasteiger partial charge in [0.05, 0.1) is 9.21 Å². The Morgan fingerprint density at radius 2 is 2.04 bits per heavy atom. The Labute approximate surface area is 144 Å². The van der Waals surface area contributed by atoms with Gasteiger partial charge in [-0.15, -0.1) is 11.3 Å². The number of hydrogen-bond donors (Lipinski definition) is 0. The molecular weight excluding hydrogens is 330 g/mol. The third-order valence-electron chi connectivity index (χ3n) is 4.07. The topological polar surface area (TPSA) is 37.4 Å². The second-order valence-corrected chi connectivity index (χ2v) is 7.52. The second-order valence-electron chi connectivity index (χ2n) is 5.81. The zero-order valence-electron chi connectivity index (χ0n) is 13.0. The van der Waals surface area contributed by atoms with Crippen LogP contribution in [0.15, 0.2) is 30.3 Å². The fourth-order valence-electron chi connectivity index (χ4n) is 2.93. The normalized spacial score (nSPS) is 13.7. The summed E-state index contributed by atoms with van der Waals surface area (Å²) in [5.74, 6) is 0.00203. The Bertz CT molecular complexity index is 753. The average Bonchev–Trinajstić information content (AvgIpc) is 2.98. The summed E-state index contributed by atoms with van der Waals surface area (Å²) >= 11 is 7.11. The molecule has 0 unspecified atom stereocenters. The van der Waals surface area contributed by atoms with Gasteiger partial charge in [0.15, 0.2) is 5.78 Å². The van der Waals surface area contributed by atoms with Gasteiger partial charge in [-0.2, -0.15) is 0 Å². The zero-order valence-corrected chi connectivity index (χ0v) is 14.5. The van der Waals surface area contributed by atoms with Crippen LogP contribution in [0.4, 0.5) is 5.69 Å². The first kappa shape index (κ1) is 16.2. The molecule has 0 bridgehead atoms. The van der Waals surface area contributed by atoms with Gasteiger partial charge in [-0.05, 0) is 43.5 Å². The van der Waals surface area contributed by atoms with Gasteiger partial charge >= 0.3 is 0 Å². The molecule has 2 aromatic rings. The molecule has 23 heavy (non-hydrogen) atoms. The fourth-order valence-corrected chi connectivity index (χ4v) is 3.94. The van der Waals surface area contributed by atoms with Crippen LogP contribution in [0.1, 0.15) is 40.1 Å². The van der Waals surface area contributed by atoms with Crippen molar-refractivity contribution in [1.29, 1.82) is 0 Å². The van der Waals surface area contributed by atoms with E-state index in [4.69, 9.17) is 11.6 Å². The number of nitrogens with zero attached hydrogens (tertiary/aromatic N) is 1. The minimum absolute atomic E-state index is 0.0172. The first-order chi connectivity index (χ1) is 11.0. The Balaban J connectivity index is 1.66. The van der Waals surface area contributed by atoms with E-state index in [0.29, 0.717) is 9.21 Å². The van der Waals surface area contributed by atoms with Crippen molar-refractivity contribution in [3.63, 3.8) is 0 Å². The molecule has 0 saturated heterocycles. The van der Waals surface area contributed by atoms with Crippen LogP contribution >= 0.6 is 22.9 Å². The summed E-state index contributed by atoms with van der Waals surface area (Å²) in [6.07, 6.45) is 2.44. The van der Waals surface area contributed by atoms with Crippen LogP contribution in [-0.4, -0.2) is 18.2 Å². The molecule has 3 rings (SSSR count). The molecule has 0 radical (unpaired) electrons. The number of ketones is 1. The van der Waals surface area contributed by atoms with Gasteiger partial charge in [0.2, 0.25) is 5.91 Å². The fraction of sp³-hybridized carbons (Fsp3) is 0.333. The molecule has 0 fully saturated rings. The van der Waals surface area contributed by atoms with Crippen molar-refractivity contribution in [1.82, 2.24) is 0 Å². The number of aryl methyl sites for hydroxylation is 2. The Morgan fingerprint density at radius 3 is 2.78 bits per heavy atom. The molecule has 1 aromatic carbocycles. The molecule has 1 aliphatic rings. The van der Waals surface area contributed by atoms with Crippen LogP contribution in [0.2, 0.25) is 4.34 Å². The molecular formula is C18H18ClNO2S. The van der Waals surface area contributed by atoms with E-state index in [9.17, 15) is 9.59 Å². The number of halogens is 1. The third-order valence-corrected chi connectivity index (χ3v) is 5.34. The predicted molar refractivity (Wildman–Crippen MR) is 94.7 cm³/mol. The quantitative estimate of drug-likeness (QED) is 0.755. The summed E-state index contributed by atoms with van der Waals surface area (Å²) < 4.78 is 0.597. The number of anilines is 1. The highest BCUT2D eigenvalue weighted by molar-refractivity contribution is 7.18. The first-order valence-electron chi connectivity index (χ1n) is 7.73. The van der Waals surface area contributed by atoms with Gasteiger partial charge in [-0.25, -0.2) is 0 Å². The maximum absolute atomic E-state index is 12.5. The second kappa shape index (κ2) is 6.85. The molecule has 120 valence electrons. The van der Waals surface area contributed by atoms with Crippen molar-refractivity contribution >= 4 is 40.3 Å². The van der Waals surface area contributed by atoms with E-state index in [1.165, 1.54) is 22.5 Å². The van der Waals surface area contributed by atoms with Crippen LogP contribution < -0.4 is 4.90 Å². The van der Waals surface area contributed by atoms with Gasteiger partial charge in [0, 0.05) is 25.1 Å². The molecule has 3 nitrogen and oxygen atoms in total. The summed E-state index contributed by atoms with van der Waals surface area (Å²) in [5.41, 5.74) is 3.43. The van der Waals surface area contributed by atoms with Crippen molar-refractivity contribution in [2.45, 2.75) is 32.6 Å². The lowest BCUT2D eigenvalue weighted by Gasteiger charge is -2.29. The Hall–Kier alpha value is -1.65. The molecule has 0 N–H and O–H groups in total. The molecule has 0 aliphatic carbocycles.